The van der Waals surface area contributed by atoms with Crippen molar-refractivity contribution in [3.05, 3.63) is 0 Å². The van der Waals surface area contributed by atoms with Crippen LogP contribution in [0.3, 0.4) is 0 Å². The molecule has 0 aromatic rings. The normalized spacial score (nSPS) is 20.3. The first-order valence-corrected chi connectivity index (χ1v) is 7.85. The maximum atomic E-state index is 12.5. The average Bonchev–Trinajstić information content (AvgIpc) is 2.38. The van der Waals surface area contributed by atoms with Gasteiger partial charge in [0.05, 0.1) is 0 Å². The molecular formula is C16H32N2O. The van der Waals surface area contributed by atoms with Gasteiger partial charge in [-0.3, -0.25) is 4.79 Å². The maximum Gasteiger partial charge on any atom is 0.224 e. The van der Waals surface area contributed by atoms with Gasteiger partial charge < -0.3 is 10.2 Å². The zero-order valence-electron chi connectivity index (χ0n) is 13.5. The molecule has 1 amide bonds. The number of hydrogen-bond acceptors (Lipinski definition) is 2. The Kier molecular flexibility index (Phi) is 6.31. The molecule has 0 aromatic carbocycles. The highest BCUT2D eigenvalue weighted by Gasteiger charge is 2.34. The molecule has 1 rings (SSSR count). The van der Waals surface area contributed by atoms with Crippen LogP contribution in [0.25, 0.3) is 0 Å². The van der Waals surface area contributed by atoms with Crippen LogP contribution in [0.15, 0.2) is 0 Å². The quantitative estimate of drug-likeness (QED) is 0.802. The fraction of sp³-hybridized carbons (Fsp3) is 0.938. The summed E-state index contributed by atoms with van der Waals surface area (Å²) in [6.07, 6.45) is 7.83. The molecular weight excluding hydrogens is 236 g/mol. The third-order valence-corrected chi connectivity index (χ3v) is 4.70. The third kappa shape index (κ3) is 4.79. The number of nitrogens with one attached hydrogen (secondary N) is 1. The fourth-order valence-corrected chi connectivity index (χ4v) is 3.24. The summed E-state index contributed by atoms with van der Waals surface area (Å²) in [5.74, 6) is 0.933. The van der Waals surface area contributed by atoms with Gasteiger partial charge in [-0.05, 0) is 39.2 Å². The molecule has 1 fully saturated rings. The standard InChI is InChI=1S/C16H32N2O/c1-13(2)11-14(3)18(5)15(19)12-16(17-4)9-7-6-8-10-16/h13-14,17H,6-12H2,1-5H3. The molecule has 1 aliphatic carbocycles. The summed E-state index contributed by atoms with van der Waals surface area (Å²) in [5.41, 5.74) is 0.0567. The van der Waals surface area contributed by atoms with Gasteiger partial charge in [-0.15, -0.1) is 0 Å². The Morgan fingerprint density at radius 1 is 1.21 bits per heavy atom. The average molecular weight is 268 g/mol. The van der Waals surface area contributed by atoms with E-state index in [1.54, 1.807) is 0 Å². The van der Waals surface area contributed by atoms with E-state index >= 15 is 0 Å². The highest BCUT2D eigenvalue weighted by atomic mass is 16.2. The van der Waals surface area contributed by atoms with E-state index in [-0.39, 0.29) is 5.54 Å². The highest BCUT2D eigenvalue weighted by molar-refractivity contribution is 5.77. The molecule has 0 spiro atoms. The smallest absolute Gasteiger partial charge is 0.224 e. The molecule has 1 aliphatic rings. The molecule has 112 valence electrons. The van der Waals surface area contributed by atoms with Crippen LogP contribution in [-0.4, -0.2) is 36.5 Å². The van der Waals surface area contributed by atoms with Gasteiger partial charge in [-0.1, -0.05) is 33.1 Å². The second-order valence-corrected chi connectivity index (χ2v) is 6.75. The van der Waals surface area contributed by atoms with E-state index in [9.17, 15) is 4.79 Å². The molecule has 1 saturated carbocycles. The van der Waals surface area contributed by atoms with Crippen molar-refractivity contribution in [2.75, 3.05) is 14.1 Å². The third-order valence-electron chi connectivity index (χ3n) is 4.70. The van der Waals surface area contributed by atoms with Crippen LogP contribution in [0.2, 0.25) is 0 Å². The number of amides is 1. The SMILES string of the molecule is CNC1(CC(=O)N(C)C(C)CC(C)C)CCCCC1. The summed E-state index contributed by atoms with van der Waals surface area (Å²) >= 11 is 0. The zero-order chi connectivity index (χ0) is 14.5. The van der Waals surface area contributed by atoms with E-state index in [4.69, 9.17) is 0 Å². The van der Waals surface area contributed by atoms with Crippen molar-refractivity contribution in [1.82, 2.24) is 10.2 Å². The molecule has 1 unspecified atom stereocenters. The minimum Gasteiger partial charge on any atom is -0.343 e. The Morgan fingerprint density at radius 3 is 2.26 bits per heavy atom. The molecule has 0 aliphatic heterocycles. The molecule has 1 atom stereocenters. The number of carbonyl (C=O) groups is 1. The van der Waals surface area contributed by atoms with Crippen LogP contribution in [0.1, 0.15) is 65.7 Å². The molecule has 19 heavy (non-hydrogen) atoms. The van der Waals surface area contributed by atoms with E-state index in [1.807, 2.05) is 19.0 Å². The van der Waals surface area contributed by atoms with Crippen LogP contribution in [-0.2, 0) is 4.79 Å². The first-order valence-electron chi connectivity index (χ1n) is 7.85. The molecule has 0 aromatic heterocycles. The Morgan fingerprint density at radius 2 is 1.79 bits per heavy atom. The van der Waals surface area contributed by atoms with Crippen LogP contribution in [0.5, 0.6) is 0 Å². The lowest BCUT2D eigenvalue weighted by Crippen LogP contribution is -2.49. The first-order chi connectivity index (χ1) is 8.90. The van der Waals surface area contributed by atoms with Crippen LogP contribution in [0, 0.1) is 5.92 Å². The number of nitrogens with zero attached hydrogens (tertiary/aromatic N) is 1. The van der Waals surface area contributed by atoms with Crippen LogP contribution >= 0.6 is 0 Å². The monoisotopic (exact) mass is 268 g/mol. The summed E-state index contributed by atoms with van der Waals surface area (Å²) in [7, 11) is 3.97. The van der Waals surface area contributed by atoms with E-state index in [0.717, 1.165) is 19.3 Å². The lowest BCUT2D eigenvalue weighted by atomic mass is 9.79. The minimum absolute atomic E-state index is 0.0567. The highest BCUT2D eigenvalue weighted by Crippen LogP contribution is 2.31. The van der Waals surface area contributed by atoms with E-state index in [1.165, 1.54) is 19.3 Å². The van der Waals surface area contributed by atoms with Crippen molar-refractivity contribution in [3.8, 4) is 0 Å². The molecule has 0 bridgehead atoms. The van der Waals surface area contributed by atoms with E-state index < -0.39 is 0 Å². The van der Waals surface area contributed by atoms with Crippen molar-refractivity contribution >= 4 is 5.91 Å². The first kappa shape index (κ1) is 16.5. The predicted octanol–water partition coefficient (Wildman–Crippen LogP) is 3.19. The molecule has 0 saturated heterocycles. The van der Waals surface area contributed by atoms with Gasteiger partial charge in [0.2, 0.25) is 5.91 Å². The zero-order valence-corrected chi connectivity index (χ0v) is 13.5. The number of rotatable bonds is 6. The summed E-state index contributed by atoms with van der Waals surface area (Å²) in [6.45, 7) is 6.58. The second kappa shape index (κ2) is 7.28. The van der Waals surface area contributed by atoms with Crippen molar-refractivity contribution in [2.45, 2.75) is 77.3 Å². The largest absolute Gasteiger partial charge is 0.343 e. The van der Waals surface area contributed by atoms with Gasteiger partial charge in [0, 0.05) is 25.0 Å². The van der Waals surface area contributed by atoms with Gasteiger partial charge in [0.15, 0.2) is 0 Å². The van der Waals surface area contributed by atoms with Crippen molar-refractivity contribution in [3.63, 3.8) is 0 Å². The minimum atomic E-state index is 0.0567. The van der Waals surface area contributed by atoms with Crippen molar-refractivity contribution in [1.29, 1.82) is 0 Å². The lowest BCUT2D eigenvalue weighted by molar-refractivity contribution is -0.133. The van der Waals surface area contributed by atoms with Crippen molar-refractivity contribution in [2.24, 2.45) is 5.92 Å². The van der Waals surface area contributed by atoms with Crippen LogP contribution in [0.4, 0.5) is 0 Å². The summed E-state index contributed by atoms with van der Waals surface area (Å²) in [5, 5.41) is 3.44. The van der Waals surface area contributed by atoms with Gasteiger partial charge in [0.25, 0.3) is 0 Å². The van der Waals surface area contributed by atoms with Gasteiger partial charge in [-0.2, -0.15) is 0 Å². The predicted molar refractivity (Wildman–Crippen MR) is 81.2 cm³/mol. The molecule has 0 radical (unpaired) electrons. The Balaban J connectivity index is 2.56. The Bertz CT molecular complexity index is 282. The van der Waals surface area contributed by atoms with Crippen molar-refractivity contribution < 1.29 is 4.79 Å². The summed E-state index contributed by atoms with van der Waals surface area (Å²) in [4.78, 5) is 14.4. The van der Waals surface area contributed by atoms with E-state index in [0.29, 0.717) is 24.3 Å². The lowest BCUT2D eigenvalue weighted by Gasteiger charge is -2.38. The van der Waals surface area contributed by atoms with E-state index in [2.05, 4.69) is 26.1 Å². The van der Waals surface area contributed by atoms with Gasteiger partial charge in [-0.25, -0.2) is 0 Å². The summed E-state index contributed by atoms with van der Waals surface area (Å²) in [6, 6.07) is 0.338. The van der Waals surface area contributed by atoms with Crippen LogP contribution < -0.4 is 5.32 Å². The molecule has 0 heterocycles. The van der Waals surface area contributed by atoms with Gasteiger partial charge >= 0.3 is 0 Å². The Labute approximate surface area is 119 Å². The topological polar surface area (TPSA) is 32.3 Å². The fourth-order valence-electron chi connectivity index (χ4n) is 3.24. The number of carbonyl (C=O) groups excluding carboxylic acids is 1. The Hall–Kier alpha value is -0.570. The molecule has 3 nitrogen and oxygen atoms in total. The second-order valence-electron chi connectivity index (χ2n) is 6.75. The molecule has 1 N–H and O–H groups in total. The summed E-state index contributed by atoms with van der Waals surface area (Å²) < 4.78 is 0. The maximum absolute atomic E-state index is 12.5. The van der Waals surface area contributed by atoms with Gasteiger partial charge in [0.1, 0.15) is 0 Å². The number of hydrogen-bond donors (Lipinski definition) is 1. The molecule has 3 heteroatoms.